The van der Waals surface area contributed by atoms with Crippen LogP contribution in [-0.4, -0.2) is 35.7 Å². The van der Waals surface area contributed by atoms with E-state index in [4.69, 9.17) is 0 Å². The maximum Gasteiger partial charge on any atom is 0.346 e. The molecule has 0 aromatic carbocycles. The molecule has 4 aromatic heterocycles. The second kappa shape index (κ2) is 8.05. The molecule has 4 aromatic rings. The molecule has 0 saturated heterocycles. The van der Waals surface area contributed by atoms with Crippen molar-refractivity contribution in [3.05, 3.63) is 89.9 Å². The van der Waals surface area contributed by atoms with E-state index in [0.717, 1.165) is 17.0 Å². The minimum Gasteiger partial charge on any atom is -0.328 e. The van der Waals surface area contributed by atoms with E-state index >= 15 is 0 Å². The first-order chi connectivity index (χ1) is 14.1. The number of hydrogen-bond acceptors (Lipinski definition) is 4. The number of carbonyl (C=O) groups excluding carboxylic acids is 1. The van der Waals surface area contributed by atoms with E-state index in [-0.39, 0.29) is 5.91 Å². The van der Waals surface area contributed by atoms with Crippen molar-refractivity contribution in [2.75, 3.05) is 0 Å². The number of nitrogens with zero attached hydrogens (tertiary/aromatic N) is 6. The molecule has 1 N–H and O–H groups in total. The number of aromatic amines is 1. The minimum atomic E-state index is -0.0942. The molecular weight excluding hydrogens is 366 g/mol. The molecule has 4 rings (SSSR count). The lowest BCUT2D eigenvalue weighted by Gasteiger charge is -2.22. The van der Waals surface area contributed by atoms with Crippen molar-refractivity contribution in [1.82, 2.24) is 29.7 Å². The third-order valence-electron chi connectivity index (χ3n) is 4.62. The van der Waals surface area contributed by atoms with E-state index in [1.807, 2.05) is 61.4 Å². The standard InChI is InChI=1S/C21H21N7O/c1-16-11-19(26(2)25-16)15-27(14-17-5-3-8-22-12-17)21(29)18-6-7-20(23-13-18)28-10-4-9-24-28/h3-13H,14-15H2,1-2H3/p+1. The van der Waals surface area contributed by atoms with E-state index in [1.165, 1.54) is 0 Å². The fraction of sp³-hybridized carbons (Fsp3) is 0.190. The number of amides is 1. The topological polar surface area (TPSA) is 83.6 Å². The van der Waals surface area contributed by atoms with Crippen LogP contribution in [0.25, 0.3) is 5.82 Å². The van der Waals surface area contributed by atoms with Gasteiger partial charge in [-0.25, -0.2) is 5.10 Å². The maximum absolute atomic E-state index is 13.3. The molecule has 0 unspecified atom stereocenters. The number of nitrogens with one attached hydrogen (secondary N) is 1. The highest BCUT2D eigenvalue weighted by molar-refractivity contribution is 5.93. The number of rotatable bonds is 6. The van der Waals surface area contributed by atoms with Gasteiger partial charge in [0, 0.05) is 38.2 Å². The molecule has 146 valence electrons. The summed E-state index contributed by atoms with van der Waals surface area (Å²) in [6, 6.07) is 11.3. The molecule has 4 heterocycles. The van der Waals surface area contributed by atoms with Crippen LogP contribution in [0.2, 0.25) is 0 Å². The smallest absolute Gasteiger partial charge is 0.328 e. The van der Waals surface area contributed by atoms with Gasteiger partial charge in [0.25, 0.3) is 5.91 Å². The molecule has 0 saturated carbocycles. The highest BCUT2D eigenvalue weighted by Crippen LogP contribution is 2.14. The van der Waals surface area contributed by atoms with Gasteiger partial charge in [-0.05, 0) is 41.7 Å². The first kappa shape index (κ1) is 18.5. The van der Waals surface area contributed by atoms with Gasteiger partial charge >= 0.3 is 5.82 Å². The third kappa shape index (κ3) is 4.21. The van der Waals surface area contributed by atoms with Gasteiger partial charge in [0.05, 0.1) is 23.5 Å². The molecule has 0 aliphatic rings. The van der Waals surface area contributed by atoms with Crippen molar-refractivity contribution in [2.45, 2.75) is 20.0 Å². The Morgan fingerprint density at radius 1 is 1.21 bits per heavy atom. The Morgan fingerprint density at radius 2 is 2.10 bits per heavy atom. The molecule has 0 fully saturated rings. The highest BCUT2D eigenvalue weighted by atomic mass is 16.2. The van der Waals surface area contributed by atoms with E-state index < -0.39 is 0 Å². The van der Waals surface area contributed by atoms with Gasteiger partial charge in [0.15, 0.2) is 6.20 Å². The number of hydrogen-bond donors (Lipinski definition) is 1. The Balaban J connectivity index is 1.60. The predicted molar refractivity (Wildman–Crippen MR) is 106 cm³/mol. The molecule has 0 aliphatic carbocycles. The largest absolute Gasteiger partial charge is 0.346 e. The first-order valence-corrected chi connectivity index (χ1v) is 9.29. The zero-order chi connectivity index (χ0) is 20.2. The SMILES string of the molecule is Cc1cc(CN(Cc2cccnc2)C(=O)c2ccc(-[n+]3ccc[nH]3)nc2)n(C)n1. The second-order valence-electron chi connectivity index (χ2n) is 6.84. The quantitative estimate of drug-likeness (QED) is 0.512. The van der Waals surface area contributed by atoms with Crippen LogP contribution in [0.1, 0.15) is 27.3 Å². The van der Waals surface area contributed by atoms with E-state index in [9.17, 15) is 4.79 Å². The van der Waals surface area contributed by atoms with Crippen molar-refractivity contribution in [1.29, 1.82) is 0 Å². The fourth-order valence-electron chi connectivity index (χ4n) is 3.19. The summed E-state index contributed by atoms with van der Waals surface area (Å²) in [6.07, 6.45) is 8.78. The van der Waals surface area contributed by atoms with Crippen LogP contribution in [-0.2, 0) is 20.1 Å². The number of pyridine rings is 2. The molecule has 0 aliphatic heterocycles. The highest BCUT2D eigenvalue weighted by Gasteiger charge is 2.21. The summed E-state index contributed by atoms with van der Waals surface area (Å²) in [5.74, 6) is 0.621. The van der Waals surface area contributed by atoms with Gasteiger partial charge in [0.1, 0.15) is 6.20 Å². The van der Waals surface area contributed by atoms with Crippen LogP contribution < -0.4 is 4.68 Å². The molecule has 0 bridgehead atoms. The molecule has 29 heavy (non-hydrogen) atoms. The van der Waals surface area contributed by atoms with Gasteiger partial charge in [0.2, 0.25) is 0 Å². The van der Waals surface area contributed by atoms with Crippen LogP contribution >= 0.6 is 0 Å². The molecule has 8 nitrogen and oxygen atoms in total. The molecule has 8 heteroatoms. The Bertz CT molecular complexity index is 1090. The van der Waals surface area contributed by atoms with E-state index in [1.54, 1.807) is 34.2 Å². The van der Waals surface area contributed by atoms with Gasteiger partial charge in [-0.15, -0.1) is 4.68 Å². The lowest BCUT2D eigenvalue weighted by atomic mass is 10.2. The molecule has 0 atom stereocenters. The van der Waals surface area contributed by atoms with Crippen LogP contribution in [0.15, 0.2) is 67.4 Å². The number of H-pyrrole nitrogens is 1. The minimum absolute atomic E-state index is 0.0942. The zero-order valence-corrected chi connectivity index (χ0v) is 16.4. The number of carbonyl (C=O) groups is 1. The maximum atomic E-state index is 13.3. The fourth-order valence-corrected chi connectivity index (χ4v) is 3.19. The second-order valence-corrected chi connectivity index (χ2v) is 6.84. The van der Waals surface area contributed by atoms with Gasteiger partial charge < -0.3 is 4.90 Å². The van der Waals surface area contributed by atoms with Crippen molar-refractivity contribution < 1.29 is 9.48 Å². The Kier molecular flexibility index (Phi) is 5.15. The number of aromatic nitrogens is 6. The summed E-state index contributed by atoms with van der Waals surface area (Å²) in [4.78, 5) is 23.7. The Labute approximate surface area is 168 Å². The summed E-state index contributed by atoms with van der Waals surface area (Å²) in [6.45, 7) is 2.83. The van der Waals surface area contributed by atoms with Gasteiger partial charge in [-0.3, -0.25) is 14.5 Å². The average Bonchev–Trinajstić information content (AvgIpc) is 3.38. The van der Waals surface area contributed by atoms with E-state index in [2.05, 4.69) is 20.2 Å². The van der Waals surface area contributed by atoms with Crippen molar-refractivity contribution >= 4 is 5.91 Å². The molecule has 0 spiro atoms. The zero-order valence-electron chi connectivity index (χ0n) is 16.4. The molecule has 0 radical (unpaired) electrons. The van der Waals surface area contributed by atoms with E-state index in [0.29, 0.717) is 24.5 Å². The van der Waals surface area contributed by atoms with Gasteiger partial charge in [-0.1, -0.05) is 6.07 Å². The lowest BCUT2D eigenvalue weighted by molar-refractivity contribution is -0.658. The number of aryl methyl sites for hydroxylation is 2. The van der Waals surface area contributed by atoms with Crippen molar-refractivity contribution in [3.8, 4) is 5.82 Å². The summed E-state index contributed by atoms with van der Waals surface area (Å²) in [5, 5.41) is 7.43. The third-order valence-corrected chi connectivity index (χ3v) is 4.62. The summed E-state index contributed by atoms with van der Waals surface area (Å²) in [7, 11) is 1.89. The Morgan fingerprint density at radius 3 is 2.72 bits per heavy atom. The predicted octanol–water partition coefficient (Wildman–Crippen LogP) is 1.97. The lowest BCUT2D eigenvalue weighted by Crippen LogP contribution is -2.33. The summed E-state index contributed by atoms with van der Waals surface area (Å²) < 4.78 is 3.59. The molecule has 1 amide bonds. The normalized spacial score (nSPS) is 10.8. The van der Waals surface area contributed by atoms with Crippen LogP contribution in [0.5, 0.6) is 0 Å². The Hall–Kier alpha value is -3.81. The summed E-state index contributed by atoms with van der Waals surface area (Å²) >= 11 is 0. The van der Waals surface area contributed by atoms with Crippen molar-refractivity contribution in [3.63, 3.8) is 0 Å². The summed E-state index contributed by atoms with van der Waals surface area (Å²) in [5.41, 5.74) is 3.38. The monoisotopic (exact) mass is 388 g/mol. The van der Waals surface area contributed by atoms with Gasteiger partial charge in [-0.2, -0.15) is 5.10 Å². The van der Waals surface area contributed by atoms with Crippen LogP contribution in [0.4, 0.5) is 0 Å². The first-order valence-electron chi connectivity index (χ1n) is 9.29. The average molecular weight is 388 g/mol. The van der Waals surface area contributed by atoms with Crippen molar-refractivity contribution in [2.24, 2.45) is 7.05 Å². The van der Waals surface area contributed by atoms with Crippen LogP contribution in [0, 0.1) is 6.92 Å². The van der Waals surface area contributed by atoms with Crippen LogP contribution in [0.3, 0.4) is 0 Å². The molecular formula is C21H22N7O+.